The minimum Gasteiger partial charge on any atom is -0.462 e. The lowest BCUT2D eigenvalue weighted by molar-refractivity contribution is 0.0526. The lowest BCUT2D eigenvalue weighted by Gasteiger charge is -2.12. The number of nitrogen functional groups attached to an aromatic ring is 1. The summed E-state index contributed by atoms with van der Waals surface area (Å²) < 4.78 is 10.7. The van der Waals surface area contributed by atoms with E-state index in [1.54, 1.807) is 25.1 Å². The maximum Gasteiger partial charge on any atom is 0.338 e. The van der Waals surface area contributed by atoms with Crippen molar-refractivity contribution >= 4 is 23.0 Å². The molecule has 0 heterocycles. The van der Waals surface area contributed by atoms with Gasteiger partial charge >= 0.3 is 5.97 Å². The summed E-state index contributed by atoms with van der Waals surface area (Å²) in [6, 6.07) is 22.2. The standard InChI is InChI=1S/C21H20N2O3/c1-2-25-21(24)15-8-13-20(19(22)14-15)23-16-9-11-18(12-10-16)26-17-6-4-3-5-7-17/h3-14,23H,2,22H2,1H3. The van der Waals surface area contributed by atoms with Crippen molar-refractivity contribution in [1.29, 1.82) is 0 Å². The van der Waals surface area contributed by atoms with Crippen LogP contribution in [-0.4, -0.2) is 12.6 Å². The van der Waals surface area contributed by atoms with E-state index >= 15 is 0 Å². The molecule has 132 valence electrons. The Kier molecular flexibility index (Phi) is 5.39. The molecule has 0 aliphatic rings. The number of hydrogen-bond acceptors (Lipinski definition) is 5. The maximum absolute atomic E-state index is 11.7. The lowest BCUT2D eigenvalue weighted by Crippen LogP contribution is -2.06. The van der Waals surface area contributed by atoms with Crippen LogP contribution in [0, 0.1) is 0 Å². The smallest absolute Gasteiger partial charge is 0.338 e. The van der Waals surface area contributed by atoms with Crippen LogP contribution in [0.2, 0.25) is 0 Å². The van der Waals surface area contributed by atoms with Crippen LogP contribution < -0.4 is 15.8 Å². The molecule has 0 atom stereocenters. The number of carbonyl (C=O) groups is 1. The highest BCUT2D eigenvalue weighted by atomic mass is 16.5. The fourth-order valence-corrected chi connectivity index (χ4v) is 2.40. The van der Waals surface area contributed by atoms with Crippen LogP contribution in [0.5, 0.6) is 11.5 Å². The molecule has 3 aromatic rings. The third-order valence-electron chi connectivity index (χ3n) is 3.67. The van der Waals surface area contributed by atoms with Gasteiger partial charge in [-0.1, -0.05) is 18.2 Å². The third kappa shape index (κ3) is 4.33. The van der Waals surface area contributed by atoms with E-state index in [2.05, 4.69) is 5.32 Å². The number of rotatable bonds is 6. The van der Waals surface area contributed by atoms with Crippen molar-refractivity contribution in [2.24, 2.45) is 0 Å². The molecule has 0 saturated heterocycles. The van der Waals surface area contributed by atoms with Crippen molar-refractivity contribution < 1.29 is 14.3 Å². The fourth-order valence-electron chi connectivity index (χ4n) is 2.40. The van der Waals surface area contributed by atoms with E-state index in [1.807, 2.05) is 54.6 Å². The van der Waals surface area contributed by atoms with E-state index in [4.69, 9.17) is 15.2 Å². The predicted molar refractivity (Wildman–Crippen MR) is 103 cm³/mol. The normalized spacial score (nSPS) is 10.2. The van der Waals surface area contributed by atoms with Gasteiger partial charge in [-0.25, -0.2) is 4.79 Å². The third-order valence-corrected chi connectivity index (χ3v) is 3.67. The highest BCUT2D eigenvalue weighted by Crippen LogP contribution is 2.27. The summed E-state index contributed by atoms with van der Waals surface area (Å²) in [5.41, 5.74) is 8.52. The summed E-state index contributed by atoms with van der Waals surface area (Å²) in [6.45, 7) is 2.10. The zero-order valence-electron chi connectivity index (χ0n) is 14.4. The summed E-state index contributed by atoms with van der Waals surface area (Å²) in [4.78, 5) is 11.7. The first-order chi connectivity index (χ1) is 12.7. The SMILES string of the molecule is CCOC(=O)c1ccc(Nc2ccc(Oc3ccccc3)cc2)c(N)c1. The second-order valence-electron chi connectivity index (χ2n) is 5.59. The van der Waals surface area contributed by atoms with Gasteiger partial charge in [0.15, 0.2) is 0 Å². The van der Waals surface area contributed by atoms with Gasteiger partial charge in [0.2, 0.25) is 0 Å². The van der Waals surface area contributed by atoms with Crippen molar-refractivity contribution in [1.82, 2.24) is 0 Å². The molecule has 5 nitrogen and oxygen atoms in total. The first kappa shape index (κ1) is 17.4. The Hall–Kier alpha value is -3.47. The Balaban J connectivity index is 1.68. The second-order valence-corrected chi connectivity index (χ2v) is 5.59. The van der Waals surface area contributed by atoms with Crippen LogP contribution >= 0.6 is 0 Å². The number of nitrogens with one attached hydrogen (secondary N) is 1. The van der Waals surface area contributed by atoms with E-state index in [9.17, 15) is 4.79 Å². The molecule has 0 fully saturated rings. The molecule has 3 N–H and O–H groups in total. The number of ether oxygens (including phenoxy) is 2. The minimum absolute atomic E-state index is 0.330. The summed E-state index contributed by atoms with van der Waals surface area (Å²) >= 11 is 0. The van der Waals surface area contributed by atoms with Crippen LogP contribution in [0.3, 0.4) is 0 Å². The van der Waals surface area contributed by atoms with Gasteiger partial charge < -0.3 is 20.5 Å². The molecule has 0 radical (unpaired) electrons. The molecule has 0 saturated carbocycles. The van der Waals surface area contributed by atoms with Gasteiger partial charge in [0.05, 0.1) is 23.5 Å². The second kappa shape index (κ2) is 8.07. The number of hydrogen-bond donors (Lipinski definition) is 2. The number of carbonyl (C=O) groups excluding carboxylic acids is 1. The number of benzene rings is 3. The van der Waals surface area contributed by atoms with Crippen molar-refractivity contribution in [2.75, 3.05) is 17.7 Å². The molecular weight excluding hydrogens is 328 g/mol. The van der Waals surface area contributed by atoms with Gasteiger partial charge in [0, 0.05) is 5.69 Å². The van der Waals surface area contributed by atoms with E-state index in [0.717, 1.165) is 22.9 Å². The van der Waals surface area contributed by atoms with Gasteiger partial charge in [-0.05, 0) is 61.5 Å². The number of esters is 1. The van der Waals surface area contributed by atoms with Gasteiger partial charge in [-0.2, -0.15) is 0 Å². The summed E-state index contributed by atoms with van der Waals surface area (Å²) in [5, 5.41) is 3.23. The van der Waals surface area contributed by atoms with Gasteiger partial charge in [0.25, 0.3) is 0 Å². The zero-order valence-corrected chi connectivity index (χ0v) is 14.4. The van der Waals surface area contributed by atoms with Crippen molar-refractivity contribution in [3.05, 3.63) is 78.4 Å². The van der Waals surface area contributed by atoms with E-state index < -0.39 is 0 Å². The highest BCUT2D eigenvalue weighted by molar-refractivity contribution is 5.92. The Labute approximate surface area is 152 Å². The Morgan fingerprint density at radius 2 is 1.65 bits per heavy atom. The van der Waals surface area contributed by atoms with Crippen LogP contribution in [0.15, 0.2) is 72.8 Å². The molecule has 3 aromatic carbocycles. The van der Waals surface area contributed by atoms with Gasteiger partial charge in [-0.3, -0.25) is 0 Å². The lowest BCUT2D eigenvalue weighted by atomic mass is 10.1. The summed E-state index contributed by atoms with van der Waals surface area (Å²) in [6.07, 6.45) is 0. The van der Waals surface area contributed by atoms with E-state index in [0.29, 0.717) is 17.9 Å². The van der Waals surface area contributed by atoms with Crippen LogP contribution in [-0.2, 0) is 4.74 Å². The quantitative estimate of drug-likeness (QED) is 0.485. The average Bonchev–Trinajstić information content (AvgIpc) is 2.66. The molecule has 26 heavy (non-hydrogen) atoms. The molecule has 3 rings (SSSR count). The van der Waals surface area contributed by atoms with Crippen LogP contribution in [0.4, 0.5) is 17.1 Å². The van der Waals surface area contributed by atoms with E-state index in [1.165, 1.54) is 0 Å². The van der Waals surface area contributed by atoms with Crippen molar-refractivity contribution in [3.63, 3.8) is 0 Å². The summed E-state index contributed by atoms with van der Waals surface area (Å²) in [5.74, 6) is 1.15. The van der Waals surface area contributed by atoms with E-state index in [-0.39, 0.29) is 5.97 Å². The predicted octanol–water partition coefficient (Wildman–Crippen LogP) is 4.98. The molecule has 0 bridgehead atoms. The van der Waals surface area contributed by atoms with Crippen molar-refractivity contribution in [2.45, 2.75) is 6.92 Å². The first-order valence-electron chi connectivity index (χ1n) is 8.32. The summed E-state index contributed by atoms with van der Waals surface area (Å²) in [7, 11) is 0. The average molecular weight is 348 g/mol. The molecule has 0 spiro atoms. The van der Waals surface area contributed by atoms with Crippen molar-refractivity contribution in [3.8, 4) is 11.5 Å². The maximum atomic E-state index is 11.7. The number of anilines is 3. The monoisotopic (exact) mass is 348 g/mol. The Morgan fingerprint density at radius 1 is 0.962 bits per heavy atom. The number of nitrogens with two attached hydrogens (primary N) is 1. The Bertz CT molecular complexity index is 878. The minimum atomic E-state index is -0.381. The largest absolute Gasteiger partial charge is 0.462 e. The Morgan fingerprint density at radius 3 is 2.31 bits per heavy atom. The fraction of sp³-hybridized carbons (Fsp3) is 0.0952. The van der Waals surface area contributed by atoms with Gasteiger partial charge in [0.1, 0.15) is 11.5 Å². The van der Waals surface area contributed by atoms with Crippen LogP contribution in [0.25, 0.3) is 0 Å². The molecule has 5 heteroatoms. The molecule has 0 unspecified atom stereocenters. The molecule has 0 amide bonds. The molecule has 0 aromatic heterocycles. The zero-order chi connectivity index (χ0) is 18.4. The first-order valence-corrected chi connectivity index (χ1v) is 8.32. The highest BCUT2D eigenvalue weighted by Gasteiger charge is 2.09. The number of para-hydroxylation sites is 1. The molecular formula is C21H20N2O3. The van der Waals surface area contributed by atoms with Gasteiger partial charge in [-0.15, -0.1) is 0 Å². The van der Waals surface area contributed by atoms with Crippen LogP contribution in [0.1, 0.15) is 17.3 Å². The molecule has 0 aliphatic heterocycles. The topological polar surface area (TPSA) is 73.6 Å². The molecule has 0 aliphatic carbocycles.